The van der Waals surface area contributed by atoms with Crippen molar-refractivity contribution in [3.05, 3.63) is 23.4 Å². The van der Waals surface area contributed by atoms with Gasteiger partial charge in [0.25, 0.3) is 0 Å². The van der Waals surface area contributed by atoms with Gasteiger partial charge < -0.3 is 10.4 Å². The number of thioether (sulfide) groups is 1. The van der Waals surface area contributed by atoms with Crippen LogP contribution < -0.4 is 5.32 Å². The summed E-state index contributed by atoms with van der Waals surface area (Å²) in [6.45, 7) is 2.27. The molecule has 0 radical (unpaired) electrons. The van der Waals surface area contributed by atoms with Crippen molar-refractivity contribution in [2.75, 3.05) is 19.4 Å². The molecule has 0 aliphatic rings. The van der Waals surface area contributed by atoms with Crippen LogP contribution in [0, 0.1) is 0 Å². The van der Waals surface area contributed by atoms with E-state index in [2.05, 4.69) is 17.2 Å². The van der Waals surface area contributed by atoms with Gasteiger partial charge in [-0.05, 0) is 44.2 Å². The lowest BCUT2D eigenvalue weighted by molar-refractivity contribution is 0.154. The fraction of sp³-hybridized carbons (Fsp3) is 0.615. The summed E-state index contributed by atoms with van der Waals surface area (Å²) in [6.07, 6.45) is 4.65. The molecule has 1 heterocycles. The summed E-state index contributed by atoms with van der Waals surface area (Å²) in [6, 6.07) is 3.69. The maximum Gasteiger partial charge on any atom is 0.115 e. The average Bonchev–Trinajstić information content (AvgIpc) is 2.42. The van der Waals surface area contributed by atoms with E-state index in [1.54, 1.807) is 18.0 Å². The van der Waals surface area contributed by atoms with E-state index in [1.165, 1.54) is 0 Å². The van der Waals surface area contributed by atoms with Gasteiger partial charge in [-0.25, -0.2) is 4.98 Å². The molecule has 5 heteroatoms. The van der Waals surface area contributed by atoms with Crippen molar-refractivity contribution in [1.82, 2.24) is 10.3 Å². The van der Waals surface area contributed by atoms with E-state index in [0.29, 0.717) is 5.02 Å². The zero-order valence-electron chi connectivity index (χ0n) is 10.9. The second-order valence-corrected chi connectivity index (χ2v) is 5.78. The summed E-state index contributed by atoms with van der Waals surface area (Å²) in [7, 11) is 1.91. The number of likely N-dealkylation sites (N-methyl/N-ethyl adjacent to an activating group) is 1. The molecule has 1 aromatic heterocycles. The standard InChI is InChI=1S/C13H21ClN2OS/c1-3-13(10-17,15-2)7-5-9-18-12-11(14)6-4-8-16-12/h4,6,8,15,17H,3,5,7,9-10H2,1-2H3. The van der Waals surface area contributed by atoms with Crippen molar-refractivity contribution in [2.24, 2.45) is 0 Å². The molecule has 0 saturated heterocycles. The highest BCUT2D eigenvalue weighted by Gasteiger charge is 2.24. The van der Waals surface area contributed by atoms with Crippen LogP contribution in [-0.4, -0.2) is 35.0 Å². The number of nitrogens with one attached hydrogen (secondary N) is 1. The molecule has 1 aromatic rings. The number of halogens is 1. The first-order valence-electron chi connectivity index (χ1n) is 6.20. The summed E-state index contributed by atoms with van der Waals surface area (Å²) in [5, 5.41) is 14.3. The molecule has 2 N–H and O–H groups in total. The van der Waals surface area contributed by atoms with Crippen LogP contribution in [0.4, 0.5) is 0 Å². The minimum absolute atomic E-state index is 0.144. The Hall–Kier alpha value is -0.290. The minimum Gasteiger partial charge on any atom is -0.394 e. The molecule has 0 saturated carbocycles. The molecule has 18 heavy (non-hydrogen) atoms. The van der Waals surface area contributed by atoms with Crippen LogP contribution in [0.2, 0.25) is 5.02 Å². The number of aliphatic hydroxyl groups is 1. The first kappa shape index (κ1) is 15.8. The third-order valence-electron chi connectivity index (χ3n) is 3.27. The van der Waals surface area contributed by atoms with E-state index in [0.717, 1.165) is 30.0 Å². The van der Waals surface area contributed by atoms with E-state index < -0.39 is 0 Å². The smallest absolute Gasteiger partial charge is 0.115 e. The number of aromatic nitrogens is 1. The second kappa shape index (κ2) is 8.00. The fourth-order valence-electron chi connectivity index (χ4n) is 1.81. The van der Waals surface area contributed by atoms with E-state index in [4.69, 9.17) is 11.6 Å². The monoisotopic (exact) mass is 288 g/mol. The second-order valence-electron chi connectivity index (χ2n) is 4.28. The zero-order chi connectivity index (χ0) is 13.4. The molecule has 0 aliphatic carbocycles. The molecule has 1 rings (SSSR count). The molecule has 1 unspecified atom stereocenters. The van der Waals surface area contributed by atoms with Gasteiger partial charge in [-0.2, -0.15) is 0 Å². The van der Waals surface area contributed by atoms with Gasteiger partial charge in [-0.15, -0.1) is 11.8 Å². The van der Waals surface area contributed by atoms with Crippen molar-refractivity contribution in [3.63, 3.8) is 0 Å². The van der Waals surface area contributed by atoms with Crippen LogP contribution in [-0.2, 0) is 0 Å². The Labute approximate surface area is 118 Å². The molecule has 1 atom stereocenters. The van der Waals surface area contributed by atoms with Crippen LogP contribution >= 0.6 is 23.4 Å². The maximum absolute atomic E-state index is 9.43. The molecule has 0 amide bonds. The lowest BCUT2D eigenvalue weighted by Gasteiger charge is -2.30. The Balaban J connectivity index is 2.37. The van der Waals surface area contributed by atoms with Crippen LogP contribution in [0.3, 0.4) is 0 Å². The van der Waals surface area contributed by atoms with Gasteiger partial charge in [0.1, 0.15) is 5.03 Å². The summed E-state index contributed by atoms with van der Waals surface area (Å²) in [4.78, 5) is 4.24. The molecule has 102 valence electrons. The van der Waals surface area contributed by atoms with E-state index in [1.807, 2.05) is 19.2 Å². The van der Waals surface area contributed by atoms with Crippen LogP contribution in [0.1, 0.15) is 26.2 Å². The summed E-state index contributed by atoms with van der Waals surface area (Å²) in [5.74, 6) is 0.958. The lowest BCUT2D eigenvalue weighted by atomic mass is 9.92. The van der Waals surface area contributed by atoms with Gasteiger partial charge >= 0.3 is 0 Å². The fourth-order valence-corrected chi connectivity index (χ4v) is 2.91. The predicted octanol–water partition coefficient (Wildman–Crippen LogP) is 2.97. The predicted molar refractivity (Wildman–Crippen MR) is 78.4 cm³/mol. The normalized spacial score (nSPS) is 14.4. The number of hydrogen-bond acceptors (Lipinski definition) is 4. The molecule has 3 nitrogen and oxygen atoms in total. The Bertz CT molecular complexity index is 350. The average molecular weight is 289 g/mol. The molecule has 0 aromatic carbocycles. The Morgan fingerprint density at radius 2 is 2.33 bits per heavy atom. The number of nitrogens with zero attached hydrogens (tertiary/aromatic N) is 1. The van der Waals surface area contributed by atoms with E-state index in [-0.39, 0.29) is 12.1 Å². The quantitative estimate of drug-likeness (QED) is 0.570. The van der Waals surface area contributed by atoms with Crippen LogP contribution in [0.15, 0.2) is 23.4 Å². The van der Waals surface area contributed by atoms with Gasteiger partial charge in [0.15, 0.2) is 0 Å². The van der Waals surface area contributed by atoms with E-state index >= 15 is 0 Å². The molecule has 0 spiro atoms. The van der Waals surface area contributed by atoms with Crippen LogP contribution in [0.25, 0.3) is 0 Å². The highest BCUT2D eigenvalue weighted by atomic mass is 35.5. The Kier molecular flexibility index (Phi) is 7.00. The van der Waals surface area contributed by atoms with E-state index in [9.17, 15) is 5.11 Å². The molecular weight excluding hydrogens is 268 g/mol. The first-order chi connectivity index (χ1) is 8.67. The van der Waals surface area contributed by atoms with Crippen molar-refractivity contribution < 1.29 is 5.11 Å². The number of aliphatic hydroxyl groups excluding tert-OH is 1. The highest BCUT2D eigenvalue weighted by molar-refractivity contribution is 7.99. The van der Waals surface area contributed by atoms with Gasteiger partial charge in [0, 0.05) is 11.7 Å². The number of rotatable bonds is 8. The summed E-state index contributed by atoms with van der Waals surface area (Å²) < 4.78 is 0. The lowest BCUT2D eigenvalue weighted by Crippen LogP contribution is -2.45. The Morgan fingerprint density at radius 3 is 2.89 bits per heavy atom. The molecule has 0 fully saturated rings. The number of hydrogen-bond donors (Lipinski definition) is 2. The van der Waals surface area contributed by atoms with Crippen molar-refractivity contribution in [3.8, 4) is 0 Å². The van der Waals surface area contributed by atoms with Gasteiger partial charge in [-0.3, -0.25) is 0 Å². The Morgan fingerprint density at radius 1 is 1.56 bits per heavy atom. The summed E-state index contributed by atoms with van der Waals surface area (Å²) >= 11 is 7.71. The third-order valence-corrected chi connectivity index (χ3v) is 4.78. The topological polar surface area (TPSA) is 45.2 Å². The van der Waals surface area contributed by atoms with Gasteiger partial charge in [0.2, 0.25) is 0 Å². The van der Waals surface area contributed by atoms with Crippen molar-refractivity contribution in [2.45, 2.75) is 36.8 Å². The molecule has 0 aliphatic heterocycles. The number of pyridine rings is 1. The highest BCUT2D eigenvalue weighted by Crippen LogP contribution is 2.26. The van der Waals surface area contributed by atoms with Crippen LogP contribution in [0.5, 0.6) is 0 Å². The summed E-state index contributed by atoms with van der Waals surface area (Å²) in [5.41, 5.74) is -0.144. The first-order valence-corrected chi connectivity index (χ1v) is 7.57. The zero-order valence-corrected chi connectivity index (χ0v) is 12.5. The largest absolute Gasteiger partial charge is 0.394 e. The maximum atomic E-state index is 9.43. The van der Waals surface area contributed by atoms with Crippen molar-refractivity contribution >= 4 is 23.4 Å². The van der Waals surface area contributed by atoms with Gasteiger partial charge in [0.05, 0.1) is 11.6 Å². The SMILES string of the molecule is CCC(CO)(CCCSc1ncccc1Cl)NC. The molecular formula is C13H21ClN2OS. The third kappa shape index (κ3) is 4.43. The molecule has 0 bridgehead atoms. The minimum atomic E-state index is -0.144. The van der Waals surface area contributed by atoms with Gasteiger partial charge in [-0.1, -0.05) is 18.5 Å². The van der Waals surface area contributed by atoms with Crippen molar-refractivity contribution in [1.29, 1.82) is 0 Å².